The highest BCUT2D eigenvalue weighted by Crippen LogP contribution is 2.26. The number of para-hydroxylation sites is 2. The molecule has 7 heteroatoms. The fourth-order valence-electron chi connectivity index (χ4n) is 1.89. The second kappa shape index (κ2) is 7.51. The maximum atomic E-state index is 12.1. The summed E-state index contributed by atoms with van der Waals surface area (Å²) in [6.45, 7) is 0. The highest BCUT2D eigenvalue weighted by molar-refractivity contribution is 6.34. The lowest BCUT2D eigenvalue weighted by Gasteiger charge is -2.12. The summed E-state index contributed by atoms with van der Waals surface area (Å²) in [6.07, 6.45) is 0. The number of urea groups is 1. The Bertz CT molecular complexity index is 734. The number of hydrogen-bond donors (Lipinski definition) is 2. The highest BCUT2D eigenvalue weighted by atomic mass is 35.5. The molecule has 2 amide bonds. The van der Waals surface area contributed by atoms with E-state index < -0.39 is 12.0 Å². The number of carbonyl (C=O) groups is 2. The molecule has 6 nitrogen and oxygen atoms in total. The molecule has 0 aliphatic carbocycles. The summed E-state index contributed by atoms with van der Waals surface area (Å²) in [5.74, 6) is 0.00640. The average Bonchev–Trinajstić information content (AvgIpc) is 2.56. The van der Waals surface area contributed by atoms with E-state index in [1.807, 2.05) is 0 Å². The molecule has 0 unspecified atom stereocenters. The van der Waals surface area contributed by atoms with Gasteiger partial charge in [0, 0.05) is 0 Å². The van der Waals surface area contributed by atoms with Gasteiger partial charge in [0.1, 0.15) is 5.75 Å². The van der Waals surface area contributed by atoms with Crippen molar-refractivity contribution in [2.75, 3.05) is 24.9 Å². The highest BCUT2D eigenvalue weighted by Gasteiger charge is 2.12. The minimum absolute atomic E-state index is 0.282. The normalized spacial score (nSPS) is 9.87. The number of halogens is 1. The Labute approximate surface area is 138 Å². The number of amides is 2. The minimum atomic E-state index is -0.519. The predicted octanol–water partition coefficient (Wildman–Crippen LogP) is 3.78. The van der Waals surface area contributed by atoms with Gasteiger partial charge in [-0.15, -0.1) is 0 Å². The van der Waals surface area contributed by atoms with Crippen LogP contribution >= 0.6 is 11.6 Å². The first-order chi connectivity index (χ1) is 11.0. The van der Waals surface area contributed by atoms with Crippen LogP contribution in [0.4, 0.5) is 16.2 Å². The van der Waals surface area contributed by atoms with Gasteiger partial charge in [0.05, 0.1) is 36.2 Å². The third-order valence-electron chi connectivity index (χ3n) is 2.99. The van der Waals surface area contributed by atoms with Gasteiger partial charge in [-0.05, 0) is 30.3 Å². The lowest BCUT2D eigenvalue weighted by atomic mass is 10.2. The van der Waals surface area contributed by atoms with Crippen LogP contribution in [0.2, 0.25) is 5.02 Å². The van der Waals surface area contributed by atoms with E-state index in [9.17, 15) is 9.59 Å². The number of ether oxygens (including phenoxy) is 2. The molecule has 0 radical (unpaired) electrons. The van der Waals surface area contributed by atoms with E-state index >= 15 is 0 Å². The molecule has 2 aromatic rings. The smallest absolute Gasteiger partial charge is 0.337 e. The van der Waals surface area contributed by atoms with Gasteiger partial charge in [-0.25, -0.2) is 9.59 Å². The van der Waals surface area contributed by atoms with Crippen molar-refractivity contribution in [2.45, 2.75) is 0 Å². The molecule has 2 rings (SSSR count). The van der Waals surface area contributed by atoms with Gasteiger partial charge >= 0.3 is 12.0 Å². The van der Waals surface area contributed by atoms with E-state index in [1.165, 1.54) is 32.4 Å². The molecule has 0 heterocycles. The molecular formula is C16H15ClN2O4. The van der Waals surface area contributed by atoms with Crippen LogP contribution in [0.15, 0.2) is 42.5 Å². The van der Waals surface area contributed by atoms with Crippen molar-refractivity contribution < 1.29 is 19.1 Å². The summed E-state index contributed by atoms with van der Waals surface area (Å²) >= 11 is 6.03. The molecule has 0 aliphatic heterocycles. The fourth-order valence-corrected chi connectivity index (χ4v) is 2.05. The average molecular weight is 335 g/mol. The summed E-state index contributed by atoms with van der Waals surface area (Å²) in [6, 6.07) is 10.9. The van der Waals surface area contributed by atoms with Gasteiger partial charge in [0.15, 0.2) is 0 Å². The Hall–Kier alpha value is -2.73. The van der Waals surface area contributed by atoms with E-state index in [4.69, 9.17) is 16.3 Å². The first-order valence-corrected chi connectivity index (χ1v) is 7.02. The summed E-state index contributed by atoms with van der Waals surface area (Å²) in [5, 5.41) is 5.53. The summed E-state index contributed by atoms with van der Waals surface area (Å²) in [7, 11) is 2.79. The maximum absolute atomic E-state index is 12.1. The van der Waals surface area contributed by atoms with Crippen molar-refractivity contribution in [1.29, 1.82) is 0 Å². The first-order valence-electron chi connectivity index (χ1n) is 6.64. The van der Waals surface area contributed by atoms with Crippen LogP contribution in [0.3, 0.4) is 0 Å². The molecular weight excluding hydrogens is 320 g/mol. The molecule has 0 atom stereocenters. The molecule has 0 saturated heterocycles. The van der Waals surface area contributed by atoms with Crippen molar-refractivity contribution in [2.24, 2.45) is 0 Å². The minimum Gasteiger partial charge on any atom is -0.495 e. The molecule has 23 heavy (non-hydrogen) atoms. The zero-order valence-corrected chi connectivity index (χ0v) is 13.3. The Balaban J connectivity index is 2.15. The lowest BCUT2D eigenvalue weighted by molar-refractivity contribution is 0.0600. The van der Waals surface area contributed by atoms with Crippen molar-refractivity contribution in [3.8, 4) is 5.75 Å². The maximum Gasteiger partial charge on any atom is 0.337 e. The van der Waals surface area contributed by atoms with Crippen LogP contribution in [0.25, 0.3) is 0 Å². The number of carbonyl (C=O) groups excluding carboxylic acids is 2. The Morgan fingerprint density at radius 3 is 2.39 bits per heavy atom. The third-order valence-corrected chi connectivity index (χ3v) is 3.32. The molecule has 2 aromatic carbocycles. The van der Waals surface area contributed by atoms with Crippen molar-refractivity contribution in [1.82, 2.24) is 0 Å². The second-order valence-corrected chi connectivity index (χ2v) is 4.87. The van der Waals surface area contributed by atoms with Crippen molar-refractivity contribution >= 4 is 35.0 Å². The number of rotatable bonds is 4. The lowest BCUT2D eigenvalue weighted by Crippen LogP contribution is -2.20. The summed E-state index contributed by atoms with van der Waals surface area (Å²) < 4.78 is 9.79. The molecule has 120 valence electrons. The van der Waals surface area contributed by atoms with E-state index in [1.54, 1.807) is 24.3 Å². The quantitative estimate of drug-likeness (QED) is 0.834. The van der Waals surface area contributed by atoms with E-state index in [2.05, 4.69) is 15.4 Å². The molecule has 0 fully saturated rings. The monoisotopic (exact) mass is 334 g/mol. The van der Waals surface area contributed by atoms with Crippen LogP contribution < -0.4 is 15.4 Å². The predicted molar refractivity (Wildman–Crippen MR) is 88.4 cm³/mol. The van der Waals surface area contributed by atoms with Crippen LogP contribution in [0, 0.1) is 0 Å². The largest absolute Gasteiger partial charge is 0.495 e. The number of hydrogen-bond acceptors (Lipinski definition) is 4. The summed E-state index contributed by atoms with van der Waals surface area (Å²) in [5.41, 5.74) is 1.08. The van der Waals surface area contributed by atoms with E-state index in [-0.39, 0.29) is 5.56 Å². The standard InChI is InChI=1S/C16H15ClN2O4/c1-22-14-6-4-3-5-12(14)18-16(21)19-13-9-10(15(20)23-2)7-8-11(13)17/h3-9H,1-2H3,(H2,18,19,21). The second-order valence-electron chi connectivity index (χ2n) is 4.47. The Morgan fingerprint density at radius 1 is 1.00 bits per heavy atom. The fraction of sp³-hybridized carbons (Fsp3) is 0.125. The van der Waals surface area contributed by atoms with E-state index in [0.717, 1.165) is 0 Å². The molecule has 0 aromatic heterocycles. The number of benzene rings is 2. The van der Waals surface area contributed by atoms with Gasteiger partial charge in [-0.1, -0.05) is 23.7 Å². The number of methoxy groups -OCH3 is 2. The first kappa shape index (κ1) is 16.6. The van der Waals surface area contributed by atoms with Gasteiger partial charge in [0.2, 0.25) is 0 Å². The van der Waals surface area contributed by atoms with Gasteiger partial charge in [-0.2, -0.15) is 0 Å². The molecule has 0 aliphatic rings. The van der Waals surface area contributed by atoms with E-state index in [0.29, 0.717) is 22.1 Å². The van der Waals surface area contributed by atoms with Gasteiger partial charge < -0.3 is 20.1 Å². The van der Waals surface area contributed by atoms with Crippen molar-refractivity contribution in [3.63, 3.8) is 0 Å². The van der Waals surface area contributed by atoms with Gasteiger partial charge in [-0.3, -0.25) is 0 Å². The number of nitrogens with one attached hydrogen (secondary N) is 2. The number of anilines is 2. The molecule has 0 spiro atoms. The number of esters is 1. The third kappa shape index (κ3) is 4.14. The Kier molecular flexibility index (Phi) is 5.43. The van der Waals surface area contributed by atoms with Gasteiger partial charge in [0.25, 0.3) is 0 Å². The van der Waals surface area contributed by atoms with Crippen LogP contribution in [-0.4, -0.2) is 26.2 Å². The van der Waals surface area contributed by atoms with Crippen LogP contribution in [-0.2, 0) is 4.74 Å². The van der Waals surface area contributed by atoms with Crippen LogP contribution in [0.5, 0.6) is 5.75 Å². The van der Waals surface area contributed by atoms with Crippen molar-refractivity contribution in [3.05, 3.63) is 53.1 Å². The SMILES string of the molecule is COC(=O)c1ccc(Cl)c(NC(=O)Nc2ccccc2OC)c1. The zero-order chi connectivity index (χ0) is 16.8. The zero-order valence-electron chi connectivity index (χ0n) is 12.6. The topological polar surface area (TPSA) is 76.7 Å². The summed E-state index contributed by atoms with van der Waals surface area (Å²) in [4.78, 5) is 23.6. The van der Waals surface area contributed by atoms with Crippen LogP contribution in [0.1, 0.15) is 10.4 Å². The molecule has 0 bridgehead atoms. The molecule has 0 saturated carbocycles. The molecule has 2 N–H and O–H groups in total. The Morgan fingerprint density at radius 2 is 1.70 bits per heavy atom.